The lowest BCUT2D eigenvalue weighted by Gasteiger charge is -2.10. The van der Waals surface area contributed by atoms with E-state index in [1.165, 1.54) is 0 Å². The Labute approximate surface area is 158 Å². The van der Waals surface area contributed by atoms with Gasteiger partial charge in [0.2, 0.25) is 11.0 Å². The Morgan fingerprint density at radius 2 is 1.73 bits per heavy atom. The lowest BCUT2D eigenvalue weighted by atomic mass is 10.1. The Kier molecular flexibility index (Phi) is 5.04. The number of anilines is 1. The summed E-state index contributed by atoms with van der Waals surface area (Å²) in [6.45, 7) is 8.05. The highest BCUT2D eigenvalue weighted by Gasteiger charge is 2.18. The molecule has 0 amide bonds. The summed E-state index contributed by atoms with van der Waals surface area (Å²) >= 11 is 5.32. The van der Waals surface area contributed by atoms with Crippen molar-refractivity contribution in [3.8, 4) is 5.88 Å². The van der Waals surface area contributed by atoms with Crippen LogP contribution in [0.2, 0.25) is 0 Å². The number of rotatable bonds is 3. The molecule has 26 heavy (non-hydrogen) atoms. The van der Waals surface area contributed by atoms with Crippen LogP contribution < -0.4 is 5.32 Å². The zero-order valence-corrected chi connectivity index (χ0v) is 16.1. The lowest BCUT2D eigenvalue weighted by Crippen LogP contribution is -2.07. The van der Waals surface area contributed by atoms with Gasteiger partial charge in [-0.2, -0.15) is 0 Å². The minimum absolute atomic E-state index is 0.0971. The van der Waals surface area contributed by atoms with Crippen molar-refractivity contribution in [2.75, 3.05) is 5.32 Å². The number of aryl methyl sites for hydroxylation is 2. The van der Waals surface area contributed by atoms with Crippen molar-refractivity contribution in [1.82, 2.24) is 4.57 Å². The Morgan fingerprint density at radius 3 is 2.38 bits per heavy atom. The second-order valence-electron chi connectivity index (χ2n) is 6.55. The molecule has 2 N–H and O–H groups in total. The van der Waals surface area contributed by atoms with Crippen LogP contribution >= 0.6 is 12.2 Å². The van der Waals surface area contributed by atoms with Gasteiger partial charge in [-0.15, -0.1) is 10.2 Å². The van der Waals surface area contributed by atoms with E-state index >= 15 is 0 Å². The van der Waals surface area contributed by atoms with E-state index in [4.69, 9.17) is 12.2 Å². The van der Waals surface area contributed by atoms with Crippen molar-refractivity contribution < 1.29 is 5.11 Å². The fourth-order valence-corrected chi connectivity index (χ4v) is 3.24. The van der Waals surface area contributed by atoms with E-state index in [2.05, 4.69) is 15.5 Å². The first-order valence-electron chi connectivity index (χ1n) is 8.51. The van der Waals surface area contributed by atoms with Gasteiger partial charge >= 0.3 is 0 Å². The third kappa shape index (κ3) is 3.32. The van der Waals surface area contributed by atoms with Crippen LogP contribution in [0.3, 0.4) is 0 Å². The predicted molar refractivity (Wildman–Crippen MR) is 111 cm³/mol. The number of fused-ring (bicyclic) bond motifs is 1. The Hall–Kier alpha value is -2.73. The number of benzene rings is 2. The number of hydrogen-bond acceptors (Lipinski definition) is 3. The van der Waals surface area contributed by atoms with Crippen molar-refractivity contribution in [2.45, 2.75) is 33.7 Å². The van der Waals surface area contributed by atoms with E-state index in [9.17, 15) is 5.11 Å². The summed E-state index contributed by atoms with van der Waals surface area (Å²) in [5.41, 5.74) is 4.46. The van der Waals surface area contributed by atoms with Crippen molar-refractivity contribution in [1.29, 1.82) is 0 Å². The average Bonchev–Trinajstić information content (AvgIpc) is 2.88. The van der Waals surface area contributed by atoms with E-state index in [1.807, 2.05) is 74.7 Å². The molecule has 0 saturated carbocycles. The SMILES string of the molecule is Cc1cccc(C)c1NC(=S)N=Nc1c(O)n(C(C)C)c2ccccc12. The minimum Gasteiger partial charge on any atom is -0.493 e. The molecule has 1 aromatic heterocycles. The zero-order chi connectivity index (χ0) is 18.8. The summed E-state index contributed by atoms with van der Waals surface area (Å²) in [6, 6.07) is 13.9. The maximum absolute atomic E-state index is 10.6. The van der Waals surface area contributed by atoms with E-state index < -0.39 is 0 Å². The largest absolute Gasteiger partial charge is 0.493 e. The van der Waals surface area contributed by atoms with Gasteiger partial charge in [-0.3, -0.25) is 0 Å². The average molecular weight is 366 g/mol. The van der Waals surface area contributed by atoms with E-state index in [1.54, 1.807) is 0 Å². The summed E-state index contributed by atoms with van der Waals surface area (Å²) in [4.78, 5) is 0. The zero-order valence-electron chi connectivity index (χ0n) is 15.3. The maximum Gasteiger partial charge on any atom is 0.221 e. The van der Waals surface area contributed by atoms with Crippen LogP contribution in [0.25, 0.3) is 10.9 Å². The molecule has 0 aliphatic rings. The molecule has 0 unspecified atom stereocenters. The van der Waals surface area contributed by atoms with Gasteiger partial charge in [-0.05, 0) is 57.1 Å². The van der Waals surface area contributed by atoms with Gasteiger partial charge in [0.25, 0.3) is 0 Å². The lowest BCUT2D eigenvalue weighted by molar-refractivity contribution is 0.407. The molecule has 0 spiro atoms. The molecule has 0 aliphatic heterocycles. The number of hydrogen-bond donors (Lipinski definition) is 2. The quantitative estimate of drug-likeness (QED) is 0.440. The highest BCUT2D eigenvalue weighted by atomic mass is 32.1. The van der Waals surface area contributed by atoms with Gasteiger partial charge in [0, 0.05) is 17.1 Å². The first kappa shape index (κ1) is 18.1. The fraction of sp³-hybridized carbons (Fsp3) is 0.250. The standard InChI is InChI=1S/C20H22N4OS/c1-12(2)24-16-11-6-5-10-15(16)18(19(24)25)22-23-20(26)21-17-13(3)8-7-9-14(17)4/h5-12,25H,1-4H3,(H,21,26). The van der Waals surface area contributed by atoms with Crippen LogP contribution in [0.5, 0.6) is 5.88 Å². The Balaban J connectivity index is 1.94. The van der Waals surface area contributed by atoms with Crippen LogP contribution in [0.1, 0.15) is 31.0 Å². The number of thiocarbonyl (C=S) groups is 1. The van der Waals surface area contributed by atoms with Crippen molar-refractivity contribution >= 4 is 39.6 Å². The van der Waals surface area contributed by atoms with E-state index in [0.29, 0.717) is 5.69 Å². The van der Waals surface area contributed by atoms with Crippen LogP contribution in [0.4, 0.5) is 11.4 Å². The molecule has 3 aromatic rings. The first-order valence-corrected chi connectivity index (χ1v) is 8.91. The number of nitrogens with one attached hydrogen (secondary N) is 1. The molecule has 134 valence electrons. The smallest absolute Gasteiger partial charge is 0.221 e. The fourth-order valence-electron chi connectivity index (χ4n) is 3.09. The molecule has 6 heteroatoms. The molecule has 2 aromatic carbocycles. The van der Waals surface area contributed by atoms with Gasteiger partial charge in [-0.1, -0.05) is 36.4 Å². The van der Waals surface area contributed by atoms with Gasteiger partial charge in [-0.25, -0.2) is 0 Å². The third-order valence-corrected chi connectivity index (χ3v) is 4.51. The van der Waals surface area contributed by atoms with Crippen molar-refractivity contribution in [3.05, 3.63) is 53.6 Å². The second kappa shape index (κ2) is 7.25. The van der Waals surface area contributed by atoms with Crippen molar-refractivity contribution in [2.24, 2.45) is 10.2 Å². The number of para-hydroxylation sites is 2. The molecule has 0 atom stereocenters. The molecule has 0 radical (unpaired) electrons. The molecular weight excluding hydrogens is 344 g/mol. The maximum atomic E-state index is 10.6. The highest BCUT2D eigenvalue weighted by Crippen LogP contribution is 2.40. The van der Waals surface area contributed by atoms with Crippen molar-refractivity contribution in [3.63, 3.8) is 0 Å². The summed E-state index contributed by atoms with van der Waals surface area (Å²) in [7, 11) is 0. The predicted octanol–water partition coefficient (Wildman–Crippen LogP) is 6.03. The molecule has 0 saturated heterocycles. The van der Waals surface area contributed by atoms with Gasteiger partial charge in [0.1, 0.15) is 0 Å². The second-order valence-corrected chi connectivity index (χ2v) is 6.94. The molecular formula is C20H22N4OS. The van der Waals surface area contributed by atoms with E-state index in [0.717, 1.165) is 27.7 Å². The molecule has 5 nitrogen and oxygen atoms in total. The minimum atomic E-state index is 0.0971. The monoisotopic (exact) mass is 366 g/mol. The van der Waals surface area contributed by atoms with Crippen LogP contribution in [-0.2, 0) is 0 Å². The molecule has 0 fully saturated rings. The normalized spacial score (nSPS) is 11.6. The van der Waals surface area contributed by atoms with Gasteiger partial charge in [0.15, 0.2) is 5.69 Å². The number of aromatic hydroxyl groups is 1. The Bertz CT molecular complexity index is 984. The molecule has 1 heterocycles. The number of aromatic nitrogens is 1. The van der Waals surface area contributed by atoms with Crippen LogP contribution in [-0.4, -0.2) is 14.8 Å². The van der Waals surface area contributed by atoms with E-state index in [-0.39, 0.29) is 17.0 Å². The number of azo groups is 1. The van der Waals surface area contributed by atoms with Crippen LogP contribution in [0.15, 0.2) is 52.7 Å². The summed E-state index contributed by atoms with van der Waals surface area (Å²) in [5, 5.41) is 23.2. The van der Waals surface area contributed by atoms with Gasteiger partial charge in [0.05, 0.1) is 5.52 Å². The Morgan fingerprint density at radius 1 is 1.08 bits per heavy atom. The summed E-state index contributed by atoms with van der Waals surface area (Å²) in [6.07, 6.45) is 0. The van der Waals surface area contributed by atoms with Gasteiger partial charge < -0.3 is 15.0 Å². The highest BCUT2D eigenvalue weighted by molar-refractivity contribution is 7.80. The third-order valence-electron chi connectivity index (χ3n) is 4.33. The molecule has 0 aliphatic carbocycles. The topological polar surface area (TPSA) is 61.9 Å². The molecule has 0 bridgehead atoms. The summed E-state index contributed by atoms with van der Waals surface area (Å²) < 4.78 is 1.84. The number of nitrogens with zero attached hydrogens (tertiary/aromatic N) is 3. The van der Waals surface area contributed by atoms with Crippen LogP contribution in [0, 0.1) is 13.8 Å². The summed E-state index contributed by atoms with van der Waals surface area (Å²) in [5.74, 6) is 0.0971. The molecule has 3 rings (SSSR count). The first-order chi connectivity index (χ1) is 12.4.